The minimum absolute atomic E-state index is 0.703. The molecule has 3 nitrogen and oxygen atoms in total. The average molecular weight is 281 g/mol. The Hall–Kier alpha value is -0.610. The normalized spacial score (nSPS) is 16.5. The summed E-state index contributed by atoms with van der Waals surface area (Å²) in [5.74, 6) is 0.703. The highest BCUT2D eigenvalue weighted by Gasteiger charge is 2.22. The van der Waals surface area contributed by atoms with E-state index in [-0.39, 0.29) is 0 Å². The first-order valence-electron chi connectivity index (χ1n) is 7.47. The van der Waals surface area contributed by atoms with Crippen molar-refractivity contribution < 1.29 is 0 Å². The van der Waals surface area contributed by atoms with Crippen LogP contribution in [-0.2, 0) is 6.54 Å². The Morgan fingerprint density at radius 1 is 1.37 bits per heavy atom. The van der Waals surface area contributed by atoms with Crippen molar-refractivity contribution in [3.05, 3.63) is 10.6 Å². The number of aromatic nitrogens is 1. The maximum Gasteiger partial charge on any atom is 0.185 e. The summed E-state index contributed by atoms with van der Waals surface area (Å²) in [7, 11) is 2.21. The largest absolute Gasteiger partial charge is 0.348 e. The van der Waals surface area contributed by atoms with Gasteiger partial charge in [0, 0.05) is 24.5 Å². The Kier molecular flexibility index (Phi) is 5.22. The van der Waals surface area contributed by atoms with Gasteiger partial charge in [0.25, 0.3) is 0 Å². The van der Waals surface area contributed by atoms with E-state index in [1.165, 1.54) is 41.4 Å². The van der Waals surface area contributed by atoms with Gasteiger partial charge in [0.05, 0.1) is 5.69 Å². The molecule has 1 N–H and O–H groups in total. The molecule has 0 unspecified atom stereocenters. The lowest BCUT2D eigenvalue weighted by Crippen LogP contribution is -2.28. The van der Waals surface area contributed by atoms with Crippen molar-refractivity contribution in [1.29, 1.82) is 0 Å². The fourth-order valence-corrected chi connectivity index (χ4v) is 3.71. The second-order valence-electron chi connectivity index (χ2n) is 6.08. The fourth-order valence-electron chi connectivity index (χ4n) is 2.65. The molecule has 0 aliphatic heterocycles. The van der Waals surface area contributed by atoms with Gasteiger partial charge in [0.2, 0.25) is 0 Å². The lowest BCUT2D eigenvalue weighted by atomic mass is 10.2. The molecule has 0 aromatic carbocycles. The van der Waals surface area contributed by atoms with Crippen molar-refractivity contribution in [2.45, 2.75) is 59.0 Å². The van der Waals surface area contributed by atoms with Crippen molar-refractivity contribution in [1.82, 2.24) is 10.3 Å². The summed E-state index contributed by atoms with van der Waals surface area (Å²) in [5.41, 5.74) is 1.20. The van der Waals surface area contributed by atoms with Crippen LogP contribution < -0.4 is 10.2 Å². The van der Waals surface area contributed by atoms with Crippen molar-refractivity contribution >= 4 is 16.5 Å². The molecular formula is C15H27N3S. The first-order chi connectivity index (χ1) is 9.08. The Balaban J connectivity index is 1.95. The minimum Gasteiger partial charge on any atom is -0.348 e. The zero-order chi connectivity index (χ0) is 13.8. The van der Waals surface area contributed by atoms with Crippen LogP contribution in [0.25, 0.3) is 0 Å². The quantitative estimate of drug-likeness (QED) is 0.864. The monoisotopic (exact) mass is 281 g/mol. The molecule has 0 amide bonds. The van der Waals surface area contributed by atoms with Crippen LogP contribution in [0.15, 0.2) is 0 Å². The van der Waals surface area contributed by atoms with Gasteiger partial charge in [-0.15, -0.1) is 11.3 Å². The Morgan fingerprint density at radius 2 is 2.05 bits per heavy atom. The molecule has 0 saturated heterocycles. The van der Waals surface area contributed by atoms with E-state index in [1.54, 1.807) is 0 Å². The van der Waals surface area contributed by atoms with Gasteiger partial charge in [0.1, 0.15) is 0 Å². The Morgan fingerprint density at radius 3 is 2.68 bits per heavy atom. The predicted molar refractivity (Wildman–Crippen MR) is 84.1 cm³/mol. The molecule has 1 aromatic heterocycles. The van der Waals surface area contributed by atoms with Crippen LogP contribution in [0.2, 0.25) is 0 Å². The van der Waals surface area contributed by atoms with E-state index in [2.05, 4.69) is 38.0 Å². The molecule has 108 valence electrons. The molecule has 1 aliphatic rings. The van der Waals surface area contributed by atoms with Crippen molar-refractivity contribution in [2.24, 2.45) is 5.92 Å². The Labute approximate surface area is 121 Å². The van der Waals surface area contributed by atoms with Gasteiger partial charge in [-0.25, -0.2) is 4.98 Å². The summed E-state index contributed by atoms with van der Waals surface area (Å²) in [6.45, 7) is 8.65. The fraction of sp³-hybridized carbons (Fsp3) is 0.800. The van der Waals surface area contributed by atoms with Crippen molar-refractivity contribution in [3.63, 3.8) is 0 Å². The third-order valence-electron chi connectivity index (χ3n) is 3.89. The second-order valence-corrected chi connectivity index (χ2v) is 7.14. The maximum atomic E-state index is 4.76. The molecular weight excluding hydrogens is 254 g/mol. The molecule has 1 saturated carbocycles. The van der Waals surface area contributed by atoms with E-state index in [9.17, 15) is 0 Å². The SMILES string of the molecule is Cc1nc(N(C)C2CCCC2)sc1CNCC(C)C. The lowest BCUT2D eigenvalue weighted by Gasteiger charge is -2.23. The van der Waals surface area contributed by atoms with E-state index < -0.39 is 0 Å². The standard InChI is InChI=1S/C15H27N3S/c1-11(2)9-16-10-14-12(3)17-15(19-14)18(4)13-7-5-6-8-13/h11,13,16H,5-10H2,1-4H3. The smallest absolute Gasteiger partial charge is 0.185 e. The maximum absolute atomic E-state index is 4.76. The van der Waals surface area contributed by atoms with Gasteiger partial charge in [-0.1, -0.05) is 26.7 Å². The number of nitrogens with one attached hydrogen (secondary N) is 1. The highest BCUT2D eigenvalue weighted by atomic mass is 32.1. The van der Waals surface area contributed by atoms with Crippen LogP contribution in [0, 0.1) is 12.8 Å². The molecule has 0 atom stereocenters. The number of aryl methyl sites for hydroxylation is 1. The van der Waals surface area contributed by atoms with Crippen molar-refractivity contribution in [3.8, 4) is 0 Å². The molecule has 2 rings (SSSR count). The van der Waals surface area contributed by atoms with E-state index in [0.717, 1.165) is 13.1 Å². The summed E-state index contributed by atoms with van der Waals surface area (Å²) >= 11 is 1.86. The molecule has 0 spiro atoms. The van der Waals surface area contributed by atoms with Crippen LogP contribution in [0.5, 0.6) is 0 Å². The number of hydrogen-bond acceptors (Lipinski definition) is 4. The van der Waals surface area contributed by atoms with Crippen LogP contribution in [0.3, 0.4) is 0 Å². The summed E-state index contributed by atoms with van der Waals surface area (Å²) in [6.07, 6.45) is 5.41. The third-order valence-corrected chi connectivity index (χ3v) is 5.14. The molecule has 1 aliphatic carbocycles. The summed E-state index contributed by atoms with van der Waals surface area (Å²) in [4.78, 5) is 8.55. The van der Waals surface area contributed by atoms with E-state index in [4.69, 9.17) is 4.98 Å². The zero-order valence-corrected chi connectivity index (χ0v) is 13.5. The molecule has 0 bridgehead atoms. The molecule has 0 radical (unpaired) electrons. The summed E-state index contributed by atoms with van der Waals surface area (Å²) in [6, 6.07) is 0.710. The summed E-state index contributed by atoms with van der Waals surface area (Å²) in [5, 5.41) is 4.72. The van der Waals surface area contributed by atoms with Gasteiger partial charge >= 0.3 is 0 Å². The summed E-state index contributed by atoms with van der Waals surface area (Å²) < 4.78 is 0. The number of hydrogen-bond donors (Lipinski definition) is 1. The zero-order valence-electron chi connectivity index (χ0n) is 12.7. The molecule has 1 heterocycles. The van der Waals surface area contributed by atoms with Crippen LogP contribution in [0.1, 0.15) is 50.1 Å². The van der Waals surface area contributed by atoms with Crippen molar-refractivity contribution in [2.75, 3.05) is 18.5 Å². The van der Waals surface area contributed by atoms with Crippen LogP contribution >= 0.6 is 11.3 Å². The number of nitrogens with zero attached hydrogens (tertiary/aromatic N) is 2. The second kappa shape index (κ2) is 6.71. The molecule has 1 aromatic rings. The average Bonchev–Trinajstić information content (AvgIpc) is 2.98. The highest BCUT2D eigenvalue weighted by molar-refractivity contribution is 7.15. The predicted octanol–water partition coefficient (Wildman–Crippen LogP) is 3.58. The van der Waals surface area contributed by atoms with E-state index in [0.29, 0.717) is 12.0 Å². The lowest BCUT2D eigenvalue weighted by molar-refractivity contribution is 0.554. The van der Waals surface area contributed by atoms with Crippen LogP contribution in [-0.4, -0.2) is 24.6 Å². The van der Waals surface area contributed by atoms with Gasteiger partial charge in [0.15, 0.2) is 5.13 Å². The first kappa shape index (κ1) is 14.8. The molecule has 4 heteroatoms. The van der Waals surface area contributed by atoms with Gasteiger partial charge in [-0.05, 0) is 32.2 Å². The van der Waals surface area contributed by atoms with E-state index in [1.807, 2.05) is 11.3 Å². The van der Waals surface area contributed by atoms with E-state index >= 15 is 0 Å². The van der Waals surface area contributed by atoms with Gasteiger partial charge in [-0.3, -0.25) is 0 Å². The Bertz CT molecular complexity index is 394. The number of rotatable bonds is 6. The number of thiazole rings is 1. The number of anilines is 1. The van der Waals surface area contributed by atoms with Gasteiger partial charge < -0.3 is 10.2 Å². The van der Waals surface area contributed by atoms with Crippen LogP contribution in [0.4, 0.5) is 5.13 Å². The third kappa shape index (κ3) is 3.93. The molecule has 1 fully saturated rings. The molecule has 19 heavy (non-hydrogen) atoms. The highest BCUT2D eigenvalue weighted by Crippen LogP contribution is 2.31. The topological polar surface area (TPSA) is 28.2 Å². The minimum atomic E-state index is 0.703. The first-order valence-corrected chi connectivity index (χ1v) is 8.29. The van der Waals surface area contributed by atoms with Gasteiger partial charge in [-0.2, -0.15) is 0 Å².